The van der Waals surface area contributed by atoms with E-state index in [9.17, 15) is 16.8 Å². The van der Waals surface area contributed by atoms with Gasteiger partial charge in [-0.25, -0.2) is 0 Å². The smallest absolute Gasteiger partial charge is 0.282 e. The van der Waals surface area contributed by atoms with Crippen LogP contribution in [0.1, 0.15) is 6.92 Å². The summed E-state index contributed by atoms with van der Waals surface area (Å²) in [5.41, 5.74) is 0. The second kappa shape index (κ2) is 6.67. The molecule has 0 atom stereocenters. The van der Waals surface area contributed by atoms with Gasteiger partial charge in [0, 0.05) is 0 Å². The van der Waals surface area contributed by atoms with Crippen LogP contribution in [0.2, 0.25) is 0 Å². The molecule has 0 fully saturated rings. The molecule has 0 heterocycles. The Balaban J connectivity index is 2.53. The molecule has 0 saturated heterocycles. The summed E-state index contributed by atoms with van der Waals surface area (Å²) in [6.45, 7) is 1.89. The van der Waals surface area contributed by atoms with E-state index in [0.717, 1.165) is 0 Å². The quantitative estimate of drug-likeness (QED) is 0.608. The normalized spacial score (nSPS) is 12.5. The number of rotatable bonds is 5. The molecule has 0 unspecified atom stereocenters. The van der Waals surface area contributed by atoms with Gasteiger partial charge in [0.25, 0.3) is 20.2 Å². The fourth-order valence-corrected chi connectivity index (χ4v) is 5.52. The minimum absolute atomic E-state index is 0.207. The Hall–Kier alpha value is -1.31. The second-order valence-electron chi connectivity index (χ2n) is 4.69. The lowest BCUT2D eigenvalue weighted by Crippen LogP contribution is -2.16. The Bertz CT molecular complexity index is 846. The summed E-state index contributed by atoms with van der Waals surface area (Å²) in [6, 6.07) is 11.8. The van der Waals surface area contributed by atoms with Crippen molar-refractivity contribution in [2.75, 3.05) is 6.16 Å². The SMILES string of the molecule is CCP(c1cccc(S(=O)(=O)O)c1)c1cccc(S(=O)(=O)O)c1. The zero-order valence-electron chi connectivity index (χ0n) is 12.1. The Morgan fingerprint density at radius 3 is 1.52 bits per heavy atom. The highest BCUT2D eigenvalue weighted by molar-refractivity contribution is 7.86. The number of hydrogen-bond acceptors (Lipinski definition) is 4. The maximum Gasteiger partial charge on any atom is 0.294 e. The van der Waals surface area contributed by atoms with Gasteiger partial charge < -0.3 is 0 Å². The molecule has 0 aliphatic carbocycles. The molecule has 23 heavy (non-hydrogen) atoms. The average Bonchev–Trinajstić information content (AvgIpc) is 2.47. The van der Waals surface area contributed by atoms with Crippen molar-refractivity contribution in [2.45, 2.75) is 16.7 Å². The Morgan fingerprint density at radius 1 is 0.826 bits per heavy atom. The highest BCUT2D eigenvalue weighted by Gasteiger charge is 2.18. The van der Waals surface area contributed by atoms with Crippen LogP contribution in [-0.2, 0) is 20.2 Å². The van der Waals surface area contributed by atoms with E-state index >= 15 is 0 Å². The van der Waals surface area contributed by atoms with Crippen LogP contribution in [0.4, 0.5) is 0 Å². The van der Waals surface area contributed by atoms with Crippen LogP contribution in [0.25, 0.3) is 0 Å². The van der Waals surface area contributed by atoms with Crippen molar-refractivity contribution >= 4 is 38.8 Å². The fraction of sp³-hybridized carbons (Fsp3) is 0.143. The third-order valence-corrected chi connectivity index (χ3v) is 7.31. The molecule has 0 aromatic heterocycles. The van der Waals surface area contributed by atoms with Gasteiger partial charge in [-0.1, -0.05) is 31.2 Å². The lowest BCUT2D eigenvalue weighted by molar-refractivity contribution is 0.481. The van der Waals surface area contributed by atoms with Crippen molar-refractivity contribution in [1.82, 2.24) is 0 Å². The van der Waals surface area contributed by atoms with Crippen molar-refractivity contribution in [3.63, 3.8) is 0 Å². The number of benzene rings is 2. The Morgan fingerprint density at radius 2 is 1.22 bits per heavy atom. The Kier molecular flexibility index (Phi) is 5.23. The third-order valence-electron chi connectivity index (χ3n) is 3.17. The van der Waals surface area contributed by atoms with E-state index in [0.29, 0.717) is 16.8 Å². The van der Waals surface area contributed by atoms with Crippen LogP contribution >= 0.6 is 7.92 Å². The lowest BCUT2D eigenvalue weighted by Gasteiger charge is -2.17. The van der Waals surface area contributed by atoms with Gasteiger partial charge in [0.2, 0.25) is 0 Å². The third kappa shape index (κ3) is 4.37. The molecule has 0 spiro atoms. The average molecular weight is 374 g/mol. The van der Waals surface area contributed by atoms with Crippen LogP contribution in [-0.4, -0.2) is 32.1 Å². The van der Waals surface area contributed by atoms with Gasteiger partial charge in [0.05, 0.1) is 9.79 Å². The van der Waals surface area contributed by atoms with Crippen LogP contribution in [0.5, 0.6) is 0 Å². The van der Waals surface area contributed by atoms with E-state index in [1.54, 1.807) is 12.1 Å². The molecule has 0 radical (unpaired) electrons. The molecule has 2 aromatic rings. The van der Waals surface area contributed by atoms with Gasteiger partial charge in [-0.2, -0.15) is 16.8 Å². The lowest BCUT2D eigenvalue weighted by atomic mass is 10.4. The molecule has 124 valence electrons. The number of hydrogen-bond donors (Lipinski definition) is 2. The molecule has 0 bridgehead atoms. The van der Waals surface area contributed by atoms with Crippen molar-refractivity contribution in [3.8, 4) is 0 Å². The fourth-order valence-electron chi connectivity index (χ4n) is 2.14. The van der Waals surface area contributed by atoms with Crippen molar-refractivity contribution in [3.05, 3.63) is 48.5 Å². The van der Waals surface area contributed by atoms with E-state index < -0.39 is 28.2 Å². The molecule has 0 saturated carbocycles. The first-order chi connectivity index (χ1) is 10.6. The van der Waals surface area contributed by atoms with Gasteiger partial charge >= 0.3 is 0 Å². The monoisotopic (exact) mass is 374 g/mol. The van der Waals surface area contributed by atoms with Gasteiger partial charge in [0.15, 0.2) is 0 Å². The second-order valence-corrected chi connectivity index (χ2v) is 10.1. The predicted octanol–water partition coefficient (Wildman–Crippen LogP) is 1.63. The van der Waals surface area contributed by atoms with E-state index in [1.165, 1.54) is 36.4 Å². The first-order valence-corrected chi connectivity index (χ1v) is 11.0. The van der Waals surface area contributed by atoms with Gasteiger partial charge in [-0.15, -0.1) is 0 Å². The highest BCUT2D eigenvalue weighted by Crippen LogP contribution is 2.34. The molecule has 0 aliphatic rings. The molecule has 9 heteroatoms. The zero-order valence-corrected chi connectivity index (χ0v) is 14.6. The summed E-state index contributed by atoms with van der Waals surface area (Å²) in [6.07, 6.45) is 0.638. The van der Waals surface area contributed by atoms with Crippen LogP contribution < -0.4 is 10.6 Å². The summed E-state index contributed by atoms with van der Waals surface area (Å²) in [5, 5.41) is 1.37. The zero-order chi connectivity index (χ0) is 17.3. The van der Waals surface area contributed by atoms with Crippen LogP contribution in [0, 0.1) is 0 Å². The van der Waals surface area contributed by atoms with Gasteiger partial charge in [0.1, 0.15) is 0 Å². The molecule has 2 N–H and O–H groups in total. The van der Waals surface area contributed by atoms with Crippen LogP contribution in [0.15, 0.2) is 58.3 Å². The molecule has 2 rings (SSSR count). The standard InChI is InChI=1S/C14H15O6PS2/c1-2-21(11-5-3-7-13(9-11)22(15,16)17)12-6-4-8-14(10-12)23(18,19)20/h3-10H,2H2,1H3,(H,15,16,17)(H,18,19,20). The van der Waals surface area contributed by atoms with E-state index in [4.69, 9.17) is 9.11 Å². The maximum absolute atomic E-state index is 11.3. The minimum atomic E-state index is -4.31. The summed E-state index contributed by atoms with van der Waals surface area (Å²) in [7, 11) is -9.64. The molecule has 6 nitrogen and oxygen atoms in total. The van der Waals surface area contributed by atoms with Crippen LogP contribution in [0.3, 0.4) is 0 Å². The summed E-state index contributed by atoms with van der Waals surface area (Å²) >= 11 is 0. The maximum atomic E-state index is 11.3. The Labute approximate surface area is 136 Å². The highest BCUT2D eigenvalue weighted by atomic mass is 32.2. The molecule has 0 amide bonds. The summed E-state index contributed by atoms with van der Waals surface area (Å²) in [4.78, 5) is -0.413. The molecular formula is C14H15O6PS2. The molecular weight excluding hydrogens is 359 g/mol. The van der Waals surface area contributed by atoms with E-state index in [-0.39, 0.29) is 9.79 Å². The van der Waals surface area contributed by atoms with Crippen molar-refractivity contribution in [1.29, 1.82) is 0 Å². The minimum Gasteiger partial charge on any atom is -0.282 e. The first kappa shape index (κ1) is 18.0. The summed E-state index contributed by atoms with van der Waals surface area (Å²) < 4.78 is 63.4. The van der Waals surface area contributed by atoms with Gasteiger partial charge in [-0.05, 0) is 49.0 Å². The van der Waals surface area contributed by atoms with Crippen molar-refractivity contribution in [2.24, 2.45) is 0 Å². The first-order valence-electron chi connectivity index (χ1n) is 6.55. The molecule has 2 aromatic carbocycles. The van der Waals surface area contributed by atoms with E-state index in [2.05, 4.69) is 0 Å². The molecule has 0 aliphatic heterocycles. The predicted molar refractivity (Wildman–Crippen MR) is 89.2 cm³/mol. The topological polar surface area (TPSA) is 109 Å². The summed E-state index contributed by atoms with van der Waals surface area (Å²) in [5.74, 6) is 0. The van der Waals surface area contributed by atoms with Crippen molar-refractivity contribution < 1.29 is 25.9 Å². The van der Waals surface area contributed by atoms with Gasteiger partial charge in [-0.3, -0.25) is 9.11 Å². The largest absolute Gasteiger partial charge is 0.294 e. The van der Waals surface area contributed by atoms with E-state index in [1.807, 2.05) is 6.92 Å².